The summed E-state index contributed by atoms with van der Waals surface area (Å²) in [4.78, 5) is 14.9. The van der Waals surface area contributed by atoms with Crippen molar-refractivity contribution in [2.24, 2.45) is 11.7 Å². The van der Waals surface area contributed by atoms with Gasteiger partial charge in [0.05, 0.1) is 12.6 Å². The van der Waals surface area contributed by atoms with Gasteiger partial charge in [-0.2, -0.15) is 0 Å². The molecule has 180 valence electrons. The molecule has 2 atom stereocenters. The van der Waals surface area contributed by atoms with E-state index in [0.717, 1.165) is 36.5 Å². The number of hydrogen-bond donors (Lipinski definition) is 3. The molecule has 2 aliphatic rings. The lowest BCUT2D eigenvalue weighted by atomic mass is 9.77. The maximum atomic E-state index is 14.1. The van der Waals surface area contributed by atoms with Crippen molar-refractivity contribution in [1.82, 2.24) is 10.3 Å². The summed E-state index contributed by atoms with van der Waals surface area (Å²) in [5.41, 5.74) is 8.08. The summed E-state index contributed by atoms with van der Waals surface area (Å²) in [5.74, 6) is 0.0815. The van der Waals surface area contributed by atoms with Gasteiger partial charge in [-0.1, -0.05) is 6.42 Å². The summed E-state index contributed by atoms with van der Waals surface area (Å²) in [5, 5.41) is 4.35. The first-order valence-electron chi connectivity index (χ1n) is 11.8. The van der Waals surface area contributed by atoms with Crippen LogP contribution in [0, 0.1) is 17.6 Å². The van der Waals surface area contributed by atoms with E-state index >= 15 is 0 Å². The van der Waals surface area contributed by atoms with Crippen LogP contribution >= 0.6 is 0 Å². The largest absolute Gasteiger partial charge is 0.493 e. The highest BCUT2D eigenvalue weighted by Crippen LogP contribution is 2.38. The van der Waals surface area contributed by atoms with Crippen molar-refractivity contribution in [2.45, 2.75) is 50.6 Å². The molecule has 0 bridgehead atoms. The van der Waals surface area contributed by atoms with Crippen LogP contribution in [-0.4, -0.2) is 36.7 Å². The Bertz CT molecular complexity index is 1220. The fourth-order valence-corrected chi connectivity index (χ4v) is 5.28. The second kappa shape index (κ2) is 9.25. The first-order chi connectivity index (χ1) is 16.4. The molecule has 2 heterocycles. The van der Waals surface area contributed by atoms with Crippen LogP contribution in [-0.2, 0) is 12.8 Å². The number of halogens is 2. The molecule has 0 saturated heterocycles. The van der Waals surface area contributed by atoms with Gasteiger partial charge in [0.2, 0.25) is 5.91 Å². The molecule has 0 radical (unpaired) electrons. The summed E-state index contributed by atoms with van der Waals surface area (Å²) in [6.07, 6.45) is 7.42. The smallest absolute Gasteiger partial charge is 0.249 e. The number of carbonyl (C=O) groups excluding carboxylic acids is 1. The zero-order valence-corrected chi connectivity index (χ0v) is 19.1. The average Bonchev–Trinajstić information content (AvgIpc) is 3.18. The van der Waals surface area contributed by atoms with Gasteiger partial charge in [0, 0.05) is 40.9 Å². The molecule has 1 fully saturated rings. The van der Waals surface area contributed by atoms with Gasteiger partial charge in [-0.3, -0.25) is 4.79 Å². The summed E-state index contributed by atoms with van der Waals surface area (Å²) in [6.45, 7) is 0.457. The Kier molecular flexibility index (Phi) is 6.16. The maximum absolute atomic E-state index is 14.1. The number of aromatic amines is 1. The molecule has 6 nitrogen and oxygen atoms in total. The van der Waals surface area contributed by atoms with Gasteiger partial charge in [-0.15, -0.1) is 0 Å². The second-order valence-electron chi connectivity index (χ2n) is 9.33. The zero-order chi connectivity index (χ0) is 23.8. The van der Waals surface area contributed by atoms with E-state index in [1.165, 1.54) is 12.5 Å². The van der Waals surface area contributed by atoms with Crippen molar-refractivity contribution >= 4 is 16.8 Å². The number of benzene rings is 2. The van der Waals surface area contributed by atoms with Crippen molar-refractivity contribution in [3.05, 3.63) is 58.8 Å². The molecule has 4 N–H and O–H groups in total. The molecule has 8 heteroatoms. The highest BCUT2D eigenvalue weighted by atomic mass is 19.1. The molecule has 1 saturated carbocycles. The number of carbonyl (C=O) groups is 1. The number of aryl methyl sites for hydroxylation is 1. The standard InChI is InChI=1S/C26H29F2N3O3/c1-33-23-8-6-18(26(29)32)20-11-17(13-34-25(20)23)31-22(14-3-2-4-14)7-5-15-12-30-24-19(15)9-16(27)10-21(24)28/h6,8-10,12,14,17,22,30-31H,2-5,7,11,13H2,1H3,(H2,29,32). The molecule has 1 aromatic heterocycles. The topological polar surface area (TPSA) is 89.4 Å². The summed E-state index contributed by atoms with van der Waals surface area (Å²) in [6, 6.07) is 5.93. The van der Waals surface area contributed by atoms with Gasteiger partial charge in [0.1, 0.15) is 18.2 Å². The molecule has 1 aliphatic heterocycles. The predicted octanol–water partition coefficient (Wildman–Crippen LogP) is 4.25. The van der Waals surface area contributed by atoms with Gasteiger partial charge < -0.3 is 25.5 Å². The van der Waals surface area contributed by atoms with E-state index in [-0.39, 0.29) is 12.1 Å². The molecule has 3 aromatic rings. The Morgan fingerprint density at radius 3 is 2.85 bits per heavy atom. The van der Waals surface area contributed by atoms with Crippen molar-refractivity contribution < 1.29 is 23.0 Å². The Morgan fingerprint density at radius 1 is 1.32 bits per heavy atom. The van der Waals surface area contributed by atoms with Crippen molar-refractivity contribution in [3.63, 3.8) is 0 Å². The molecule has 2 aromatic carbocycles. The first kappa shape index (κ1) is 22.7. The van der Waals surface area contributed by atoms with Crippen LogP contribution in [0.25, 0.3) is 10.9 Å². The number of amides is 1. The van der Waals surface area contributed by atoms with Gasteiger partial charge in [-0.05, 0) is 61.8 Å². The molecule has 1 aliphatic carbocycles. The lowest BCUT2D eigenvalue weighted by molar-refractivity contribution is 0.0996. The van der Waals surface area contributed by atoms with E-state index in [2.05, 4.69) is 10.3 Å². The van der Waals surface area contributed by atoms with Crippen LogP contribution in [0.2, 0.25) is 0 Å². The van der Waals surface area contributed by atoms with Crippen LogP contribution in [0.3, 0.4) is 0 Å². The lowest BCUT2D eigenvalue weighted by Gasteiger charge is -2.38. The van der Waals surface area contributed by atoms with Crippen LogP contribution in [0.15, 0.2) is 30.5 Å². The Balaban J connectivity index is 1.33. The SMILES string of the molecule is COc1ccc(C(N)=O)c2c1OCC(NC(CCc1c[nH]c3c(F)cc(F)cc13)C1CCC1)C2. The highest BCUT2D eigenvalue weighted by Gasteiger charge is 2.32. The van der Waals surface area contributed by atoms with Crippen molar-refractivity contribution in [2.75, 3.05) is 13.7 Å². The summed E-state index contributed by atoms with van der Waals surface area (Å²) < 4.78 is 39.3. The van der Waals surface area contributed by atoms with E-state index in [9.17, 15) is 13.6 Å². The van der Waals surface area contributed by atoms with Gasteiger partial charge in [-0.25, -0.2) is 8.78 Å². The summed E-state index contributed by atoms with van der Waals surface area (Å²) in [7, 11) is 1.57. The number of H-pyrrole nitrogens is 1. The number of nitrogens with one attached hydrogen (secondary N) is 2. The van der Waals surface area contributed by atoms with E-state index in [0.29, 0.717) is 53.3 Å². The van der Waals surface area contributed by atoms with Gasteiger partial charge in [0.25, 0.3) is 0 Å². The van der Waals surface area contributed by atoms with Crippen LogP contribution in [0.5, 0.6) is 11.5 Å². The summed E-state index contributed by atoms with van der Waals surface area (Å²) >= 11 is 0. The van der Waals surface area contributed by atoms with Gasteiger partial charge >= 0.3 is 0 Å². The fraction of sp³-hybridized carbons (Fsp3) is 0.423. The quantitative estimate of drug-likeness (QED) is 0.460. The Morgan fingerprint density at radius 2 is 2.15 bits per heavy atom. The average molecular weight is 470 g/mol. The number of nitrogens with two attached hydrogens (primary N) is 1. The van der Waals surface area contributed by atoms with E-state index < -0.39 is 17.5 Å². The number of rotatable bonds is 8. The monoisotopic (exact) mass is 469 g/mol. The van der Waals surface area contributed by atoms with Crippen LogP contribution < -0.4 is 20.5 Å². The Labute approximate surface area is 196 Å². The molecular weight excluding hydrogens is 440 g/mol. The highest BCUT2D eigenvalue weighted by molar-refractivity contribution is 5.95. The predicted molar refractivity (Wildman–Crippen MR) is 125 cm³/mol. The number of fused-ring (bicyclic) bond motifs is 2. The lowest BCUT2D eigenvalue weighted by Crippen LogP contribution is -2.49. The van der Waals surface area contributed by atoms with E-state index in [1.807, 2.05) is 0 Å². The van der Waals surface area contributed by atoms with E-state index in [1.54, 1.807) is 25.4 Å². The molecule has 1 amide bonds. The third-order valence-electron chi connectivity index (χ3n) is 7.27. The van der Waals surface area contributed by atoms with Crippen LogP contribution in [0.1, 0.15) is 47.2 Å². The number of primary amides is 1. The number of ether oxygens (including phenoxy) is 2. The number of aromatic nitrogens is 1. The molecule has 2 unspecified atom stereocenters. The first-order valence-corrected chi connectivity index (χ1v) is 11.8. The van der Waals surface area contributed by atoms with Crippen molar-refractivity contribution in [3.8, 4) is 11.5 Å². The minimum absolute atomic E-state index is 0.0150. The second-order valence-corrected chi connectivity index (χ2v) is 9.33. The van der Waals surface area contributed by atoms with E-state index in [4.69, 9.17) is 15.2 Å². The number of methoxy groups -OCH3 is 1. The van der Waals surface area contributed by atoms with Gasteiger partial charge in [0.15, 0.2) is 11.5 Å². The molecular formula is C26H29F2N3O3. The normalized spacial score (nSPS) is 18.7. The third-order valence-corrected chi connectivity index (χ3v) is 7.27. The minimum Gasteiger partial charge on any atom is -0.493 e. The maximum Gasteiger partial charge on any atom is 0.249 e. The molecule has 34 heavy (non-hydrogen) atoms. The Hall–Kier alpha value is -3.13. The minimum atomic E-state index is -0.575. The van der Waals surface area contributed by atoms with Crippen LogP contribution in [0.4, 0.5) is 8.78 Å². The molecule has 5 rings (SSSR count). The molecule has 0 spiro atoms. The van der Waals surface area contributed by atoms with Crippen molar-refractivity contribution in [1.29, 1.82) is 0 Å². The third kappa shape index (κ3) is 4.22. The fourth-order valence-electron chi connectivity index (χ4n) is 5.28. The zero-order valence-electron chi connectivity index (χ0n) is 19.1. The number of hydrogen-bond acceptors (Lipinski definition) is 4.